The first-order valence-corrected chi connectivity index (χ1v) is 9.35. The monoisotopic (exact) mass is 355 g/mol. The van der Waals surface area contributed by atoms with Crippen molar-refractivity contribution in [2.75, 3.05) is 0 Å². The average Bonchev–Trinajstić information content (AvgIpc) is 3.15. The number of fused-ring (bicyclic) bond motifs is 1. The second kappa shape index (κ2) is 7.94. The molecule has 0 spiro atoms. The van der Waals surface area contributed by atoms with E-state index in [1.165, 1.54) is 5.56 Å². The number of furan rings is 1. The zero-order valence-corrected chi connectivity index (χ0v) is 15.5. The average molecular weight is 355 g/mol. The minimum Gasteiger partial charge on any atom is -0.449 e. The van der Waals surface area contributed by atoms with Gasteiger partial charge >= 0.3 is 11.1 Å². The van der Waals surface area contributed by atoms with Crippen molar-refractivity contribution in [3.63, 3.8) is 0 Å². The lowest BCUT2D eigenvalue weighted by atomic mass is 10.1. The highest BCUT2D eigenvalue weighted by atomic mass is 16.3. The van der Waals surface area contributed by atoms with Crippen LogP contribution in [0.1, 0.15) is 24.7 Å². The summed E-state index contributed by atoms with van der Waals surface area (Å²) in [6.45, 7) is 2.99. The summed E-state index contributed by atoms with van der Waals surface area (Å²) < 4.78 is 12.8. The van der Waals surface area contributed by atoms with Gasteiger partial charge in [0.15, 0.2) is 0 Å². The Labute approximate surface area is 159 Å². The maximum Gasteiger partial charge on any atom is 0.343 e. The summed E-state index contributed by atoms with van der Waals surface area (Å²) in [7, 11) is 0. The third kappa shape index (κ3) is 4.28. The van der Waals surface area contributed by atoms with Crippen LogP contribution in [0.15, 0.2) is 89.6 Å². The number of hydrogen-bond donors (Lipinski definition) is 0. The molecule has 2 heterocycles. The van der Waals surface area contributed by atoms with Gasteiger partial charge in [-0.1, -0.05) is 53.2 Å². The molecule has 0 amide bonds. The third-order valence-electron chi connectivity index (χ3n) is 4.68. The van der Waals surface area contributed by atoms with Crippen molar-refractivity contribution in [2.45, 2.75) is 26.3 Å². The number of nitrogens with zero attached hydrogens (tertiary/aromatic N) is 2. The lowest BCUT2D eigenvalue weighted by Gasteiger charge is -2.04. The molecule has 0 fully saturated rings. The molecular weight excluding hydrogens is 332 g/mol. The minimum atomic E-state index is 0.816. The first-order valence-electron chi connectivity index (χ1n) is 9.35. The van der Waals surface area contributed by atoms with Crippen LogP contribution in [-0.4, -0.2) is 10.3 Å². The van der Waals surface area contributed by atoms with Crippen LogP contribution in [0.2, 0.25) is 0 Å². The van der Waals surface area contributed by atoms with Crippen molar-refractivity contribution in [3.8, 4) is 0 Å². The number of pyridine rings is 1. The fourth-order valence-corrected chi connectivity index (χ4v) is 3.19. The maximum atomic E-state index is 5.88. The smallest absolute Gasteiger partial charge is 0.343 e. The van der Waals surface area contributed by atoms with E-state index in [1.54, 1.807) is 0 Å². The van der Waals surface area contributed by atoms with E-state index >= 15 is 0 Å². The van der Waals surface area contributed by atoms with Crippen molar-refractivity contribution in [3.05, 3.63) is 102 Å². The van der Waals surface area contributed by atoms with E-state index in [0.717, 1.165) is 47.2 Å². The van der Waals surface area contributed by atoms with Crippen LogP contribution in [0.3, 0.4) is 0 Å². The van der Waals surface area contributed by atoms with E-state index in [-0.39, 0.29) is 0 Å². The van der Waals surface area contributed by atoms with Gasteiger partial charge < -0.3 is 8.98 Å². The Kier molecular flexibility index (Phi) is 5.04. The Morgan fingerprint density at radius 1 is 0.926 bits per heavy atom. The normalized spacial score (nSPS) is 10.7. The fourth-order valence-electron chi connectivity index (χ4n) is 3.19. The summed E-state index contributed by atoms with van der Waals surface area (Å²) in [5, 5.41) is 2.04. The van der Waals surface area contributed by atoms with Gasteiger partial charge in [-0.2, -0.15) is 0 Å². The topological polar surface area (TPSA) is 32.2 Å². The number of para-hydroxylation sites is 1. The van der Waals surface area contributed by atoms with Gasteiger partial charge in [0.05, 0.1) is 0 Å². The van der Waals surface area contributed by atoms with E-state index < -0.39 is 0 Å². The number of rotatable bonds is 5. The standard InChI is InChI=1S/C24H23N2O/c1-19(24-18-21-11-5-6-12-23(21)27-24)25-22-13-16-26(17-14-22)15-7-10-20-8-3-2-4-9-20/h2-6,8-9,11-14,16-18H,7,10,15H2,1H3/q+1. The Bertz CT molecular complexity index is 1090. The molecule has 0 saturated carbocycles. The molecule has 4 rings (SSSR count). The summed E-state index contributed by atoms with van der Waals surface area (Å²) in [6, 6.07) is 24.8. The highest BCUT2D eigenvalue weighted by Gasteiger charge is 2.12. The predicted molar refractivity (Wildman–Crippen MR) is 110 cm³/mol. The minimum absolute atomic E-state index is 0.816. The largest absolute Gasteiger partial charge is 0.449 e. The molecule has 4 aromatic rings. The molecule has 0 aliphatic heterocycles. The van der Waals surface area contributed by atoms with Gasteiger partial charge in [-0.25, -0.2) is 0 Å². The summed E-state index contributed by atoms with van der Waals surface area (Å²) in [4.78, 5) is 0. The molecule has 0 atom stereocenters. The van der Waals surface area contributed by atoms with Crippen LogP contribution in [0.25, 0.3) is 11.0 Å². The van der Waals surface area contributed by atoms with Gasteiger partial charge in [0.25, 0.3) is 0 Å². The summed E-state index contributed by atoms with van der Waals surface area (Å²) in [6.07, 6.45) is 6.40. The van der Waals surface area contributed by atoms with Gasteiger partial charge in [0, 0.05) is 43.4 Å². The lowest BCUT2D eigenvalue weighted by molar-refractivity contribution is 0.604. The van der Waals surface area contributed by atoms with Crippen molar-refractivity contribution < 1.29 is 4.42 Å². The molecule has 0 bridgehead atoms. The number of aryl methyl sites for hydroxylation is 2. The lowest BCUT2D eigenvalue weighted by Crippen LogP contribution is -2.12. The number of hydrogen-bond acceptors (Lipinski definition) is 1. The van der Waals surface area contributed by atoms with Crippen molar-refractivity contribution in [1.82, 2.24) is 9.24 Å². The Morgan fingerprint density at radius 2 is 1.67 bits per heavy atom. The predicted octanol–water partition coefficient (Wildman–Crippen LogP) is 4.34. The van der Waals surface area contributed by atoms with Crippen molar-refractivity contribution in [1.29, 1.82) is 0 Å². The molecule has 27 heavy (non-hydrogen) atoms. The molecule has 0 unspecified atom stereocenters. The van der Waals surface area contributed by atoms with Crippen LogP contribution >= 0.6 is 0 Å². The number of aromatic nitrogens is 1. The van der Waals surface area contributed by atoms with E-state index in [0.29, 0.717) is 0 Å². The SMILES string of the molecule is CC(=[N+]=c1ccn(CCCc2ccccc2)cc1)c1cc2ccccc2o1. The van der Waals surface area contributed by atoms with Gasteiger partial charge in [0.2, 0.25) is 5.76 Å². The molecule has 0 radical (unpaired) electrons. The quantitative estimate of drug-likeness (QED) is 0.387. The van der Waals surface area contributed by atoms with Gasteiger partial charge in [-0.3, -0.25) is 0 Å². The molecule has 3 heteroatoms. The van der Waals surface area contributed by atoms with Gasteiger partial charge in [0.1, 0.15) is 5.58 Å². The molecule has 134 valence electrons. The van der Waals surface area contributed by atoms with Gasteiger partial charge in [-0.05, 0) is 30.5 Å². The summed E-state index contributed by atoms with van der Waals surface area (Å²) >= 11 is 0. The Morgan fingerprint density at radius 3 is 2.44 bits per heavy atom. The molecule has 2 aromatic carbocycles. The van der Waals surface area contributed by atoms with Crippen LogP contribution in [0.4, 0.5) is 0 Å². The van der Waals surface area contributed by atoms with E-state index in [9.17, 15) is 0 Å². The van der Waals surface area contributed by atoms with Gasteiger partial charge in [-0.15, -0.1) is 0 Å². The molecule has 0 aliphatic rings. The van der Waals surface area contributed by atoms with E-state index in [1.807, 2.05) is 31.2 Å². The zero-order valence-electron chi connectivity index (χ0n) is 15.5. The Balaban J connectivity index is 1.48. The second-order valence-corrected chi connectivity index (χ2v) is 6.73. The third-order valence-corrected chi connectivity index (χ3v) is 4.68. The van der Waals surface area contributed by atoms with Crippen LogP contribution in [0.5, 0.6) is 0 Å². The summed E-state index contributed by atoms with van der Waals surface area (Å²) in [5.74, 6) is 0.816. The van der Waals surface area contributed by atoms with Crippen molar-refractivity contribution >= 4 is 16.7 Å². The highest BCUT2D eigenvalue weighted by Crippen LogP contribution is 2.18. The zero-order chi connectivity index (χ0) is 18.5. The summed E-state index contributed by atoms with van der Waals surface area (Å²) in [5.41, 5.74) is 3.17. The van der Waals surface area contributed by atoms with E-state index in [2.05, 4.69) is 65.5 Å². The van der Waals surface area contributed by atoms with Crippen LogP contribution < -0.4 is 10.0 Å². The van der Waals surface area contributed by atoms with Crippen LogP contribution in [0, 0.1) is 0 Å². The first kappa shape index (κ1) is 17.1. The molecular formula is C24H23N2O+. The number of benzene rings is 2. The maximum absolute atomic E-state index is 5.88. The Hall–Kier alpha value is -3.29. The van der Waals surface area contributed by atoms with E-state index in [4.69, 9.17) is 9.09 Å². The van der Waals surface area contributed by atoms with Crippen molar-refractivity contribution in [2.24, 2.45) is 0 Å². The molecule has 2 aromatic heterocycles. The molecule has 0 N–H and O–H groups in total. The molecule has 3 nitrogen and oxygen atoms in total. The van der Waals surface area contributed by atoms with Crippen LogP contribution in [-0.2, 0) is 13.0 Å². The fraction of sp³-hybridized carbons (Fsp3) is 0.167. The molecule has 0 aliphatic carbocycles. The second-order valence-electron chi connectivity index (χ2n) is 6.73. The molecule has 0 saturated heterocycles. The highest BCUT2D eigenvalue weighted by molar-refractivity contribution is 5.98. The first-order chi connectivity index (χ1) is 13.3.